The highest BCUT2D eigenvalue weighted by Crippen LogP contribution is 2.29. The lowest BCUT2D eigenvalue weighted by atomic mass is 9.89. The van der Waals surface area contributed by atoms with Crippen LogP contribution in [0.3, 0.4) is 0 Å². The number of amides is 1. The lowest BCUT2D eigenvalue weighted by Gasteiger charge is -2.19. The Labute approximate surface area is 120 Å². The minimum Gasteiger partial charge on any atom is -0.294 e. The van der Waals surface area contributed by atoms with Gasteiger partial charge in [-0.1, -0.05) is 31.4 Å². The maximum Gasteiger partial charge on any atom is 0.233 e. The number of benzene rings is 1. The van der Waals surface area contributed by atoms with Crippen molar-refractivity contribution in [2.45, 2.75) is 36.4 Å². The number of carbonyl (C=O) groups is 1. The number of fused-ring (bicyclic) bond motifs is 1. The summed E-state index contributed by atoms with van der Waals surface area (Å²) in [5.74, 6) is 0.375. The molecule has 0 bridgehead atoms. The molecule has 0 atom stereocenters. The Hall–Kier alpha value is -1.07. The average molecular weight is 292 g/mol. The maximum absolute atomic E-state index is 12.0. The van der Waals surface area contributed by atoms with Gasteiger partial charge in [0.1, 0.15) is 0 Å². The van der Waals surface area contributed by atoms with Gasteiger partial charge in [0, 0.05) is 17.9 Å². The molecule has 1 aromatic carbocycles. The fraction of sp³-hybridized carbons (Fsp3) is 0.429. The molecular formula is C14H16N2OS2. The van der Waals surface area contributed by atoms with E-state index < -0.39 is 0 Å². The lowest BCUT2D eigenvalue weighted by molar-refractivity contribution is -0.123. The van der Waals surface area contributed by atoms with E-state index in [1.165, 1.54) is 31.2 Å². The third-order valence-electron chi connectivity index (χ3n) is 3.49. The fourth-order valence-electron chi connectivity index (χ4n) is 2.44. The summed E-state index contributed by atoms with van der Waals surface area (Å²) < 4.78 is 5.03. The Morgan fingerprint density at radius 1 is 1.26 bits per heavy atom. The van der Waals surface area contributed by atoms with Crippen LogP contribution in [0.4, 0.5) is 0 Å². The topological polar surface area (TPSA) is 42.0 Å². The molecule has 1 amide bonds. The van der Waals surface area contributed by atoms with Gasteiger partial charge in [-0.25, -0.2) is 4.98 Å². The molecule has 0 saturated heterocycles. The summed E-state index contributed by atoms with van der Waals surface area (Å²) in [7, 11) is 0. The van der Waals surface area contributed by atoms with Crippen molar-refractivity contribution in [2.75, 3.05) is 0 Å². The van der Waals surface area contributed by atoms with E-state index in [9.17, 15) is 4.79 Å². The van der Waals surface area contributed by atoms with Gasteiger partial charge < -0.3 is 0 Å². The largest absolute Gasteiger partial charge is 0.294 e. The van der Waals surface area contributed by atoms with Crippen molar-refractivity contribution in [1.29, 1.82) is 0 Å². The first kappa shape index (κ1) is 12.9. The molecule has 1 fully saturated rings. The van der Waals surface area contributed by atoms with Crippen LogP contribution in [0.2, 0.25) is 0 Å². The minimum absolute atomic E-state index is 0.170. The molecule has 3 rings (SSSR count). The molecule has 1 saturated carbocycles. The van der Waals surface area contributed by atoms with Gasteiger partial charge in [0.05, 0.1) is 10.2 Å². The van der Waals surface area contributed by atoms with Crippen LogP contribution in [0.1, 0.15) is 32.1 Å². The number of thiazole rings is 1. The van der Waals surface area contributed by atoms with Crippen LogP contribution in [0, 0.1) is 5.92 Å². The van der Waals surface area contributed by atoms with Crippen molar-refractivity contribution < 1.29 is 4.79 Å². The minimum atomic E-state index is 0.170. The number of nitrogens with zero attached hydrogens (tertiary/aromatic N) is 1. The molecule has 2 aromatic rings. The number of nitrogens with one attached hydrogen (secondary N) is 1. The van der Waals surface area contributed by atoms with E-state index in [1.54, 1.807) is 11.3 Å². The number of aromatic nitrogens is 1. The second-order valence-corrected chi connectivity index (χ2v) is 6.93. The molecule has 1 N–H and O–H groups in total. The SMILES string of the molecule is O=C(NSc1nc2ccccc2s1)C1CCCCC1. The monoisotopic (exact) mass is 292 g/mol. The van der Waals surface area contributed by atoms with Gasteiger partial charge in [-0.15, -0.1) is 11.3 Å². The predicted octanol–water partition coefficient (Wildman–Crippen LogP) is 4.00. The zero-order valence-electron chi connectivity index (χ0n) is 10.6. The molecule has 0 unspecified atom stereocenters. The van der Waals surface area contributed by atoms with Gasteiger partial charge >= 0.3 is 0 Å². The molecular weight excluding hydrogens is 276 g/mol. The smallest absolute Gasteiger partial charge is 0.233 e. The van der Waals surface area contributed by atoms with Crippen molar-refractivity contribution in [2.24, 2.45) is 5.92 Å². The van der Waals surface area contributed by atoms with Crippen LogP contribution in [0.25, 0.3) is 10.2 Å². The summed E-state index contributed by atoms with van der Waals surface area (Å²) >= 11 is 2.98. The van der Waals surface area contributed by atoms with Crippen LogP contribution >= 0.6 is 23.3 Å². The van der Waals surface area contributed by atoms with E-state index in [1.807, 2.05) is 18.2 Å². The average Bonchev–Trinajstić information content (AvgIpc) is 2.88. The summed E-state index contributed by atoms with van der Waals surface area (Å²) in [6, 6.07) is 8.05. The normalized spacial score (nSPS) is 16.6. The maximum atomic E-state index is 12.0. The van der Waals surface area contributed by atoms with Crippen LogP contribution in [0.5, 0.6) is 0 Å². The predicted molar refractivity (Wildman–Crippen MR) is 80.2 cm³/mol. The highest BCUT2D eigenvalue weighted by atomic mass is 32.2. The van der Waals surface area contributed by atoms with Gasteiger partial charge in [-0.3, -0.25) is 9.52 Å². The zero-order valence-corrected chi connectivity index (χ0v) is 12.2. The standard InChI is InChI=1S/C14H16N2OS2/c17-13(10-6-2-1-3-7-10)16-19-14-15-11-8-4-5-9-12(11)18-14/h4-5,8-10H,1-3,6-7H2,(H,16,17). The molecule has 5 heteroatoms. The number of rotatable bonds is 3. The van der Waals surface area contributed by atoms with E-state index in [4.69, 9.17) is 0 Å². The van der Waals surface area contributed by atoms with E-state index in [2.05, 4.69) is 15.8 Å². The quantitative estimate of drug-likeness (QED) is 0.869. The Bertz CT molecular complexity index is 543. The molecule has 1 heterocycles. The van der Waals surface area contributed by atoms with Crippen LogP contribution in [0.15, 0.2) is 28.6 Å². The third kappa shape index (κ3) is 3.09. The fourth-order valence-corrected chi connectivity index (χ4v) is 4.19. The van der Waals surface area contributed by atoms with E-state index in [0.717, 1.165) is 27.4 Å². The van der Waals surface area contributed by atoms with Gasteiger partial charge in [-0.05, 0) is 25.0 Å². The molecule has 3 nitrogen and oxygen atoms in total. The Morgan fingerprint density at radius 2 is 2.05 bits per heavy atom. The summed E-state index contributed by atoms with van der Waals surface area (Å²) in [5, 5.41) is 0. The van der Waals surface area contributed by atoms with Gasteiger partial charge in [-0.2, -0.15) is 0 Å². The molecule has 19 heavy (non-hydrogen) atoms. The summed E-state index contributed by atoms with van der Waals surface area (Å²) in [6.45, 7) is 0. The Morgan fingerprint density at radius 3 is 2.84 bits per heavy atom. The molecule has 1 aliphatic carbocycles. The first-order valence-electron chi connectivity index (χ1n) is 6.65. The van der Waals surface area contributed by atoms with Gasteiger partial charge in [0.15, 0.2) is 4.34 Å². The molecule has 1 aliphatic rings. The van der Waals surface area contributed by atoms with Crippen LogP contribution < -0.4 is 4.72 Å². The molecule has 0 radical (unpaired) electrons. The van der Waals surface area contributed by atoms with Crippen molar-refractivity contribution in [3.63, 3.8) is 0 Å². The van der Waals surface area contributed by atoms with Gasteiger partial charge in [0.25, 0.3) is 0 Å². The lowest BCUT2D eigenvalue weighted by Crippen LogP contribution is -2.27. The van der Waals surface area contributed by atoms with Crippen molar-refractivity contribution in [3.8, 4) is 0 Å². The highest BCUT2D eigenvalue weighted by Gasteiger charge is 2.21. The van der Waals surface area contributed by atoms with Gasteiger partial charge in [0.2, 0.25) is 5.91 Å². The summed E-state index contributed by atoms with van der Waals surface area (Å²) in [5.41, 5.74) is 1.00. The first-order valence-corrected chi connectivity index (χ1v) is 8.28. The molecule has 0 spiro atoms. The van der Waals surface area contributed by atoms with Crippen LogP contribution in [-0.2, 0) is 4.79 Å². The zero-order chi connectivity index (χ0) is 13.1. The number of hydrogen-bond acceptors (Lipinski definition) is 4. The van der Waals surface area contributed by atoms with Crippen LogP contribution in [-0.4, -0.2) is 10.9 Å². The molecule has 0 aliphatic heterocycles. The van der Waals surface area contributed by atoms with E-state index in [0.29, 0.717) is 0 Å². The molecule has 1 aromatic heterocycles. The number of carbonyl (C=O) groups excluding carboxylic acids is 1. The summed E-state index contributed by atoms with van der Waals surface area (Å²) in [4.78, 5) is 16.5. The van der Waals surface area contributed by atoms with Crippen molar-refractivity contribution >= 4 is 39.4 Å². The van der Waals surface area contributed by atoms with E-state index >= 15 is 0 Å². The second kappa shape index (κ2) is 5.92. The number of hydrogen-bond donors (Lipinski definition) is 1. The second-order valence-electron chi connectivity index (χ2n) is 4.85. The summed E-state index contributed by atoms with van der Waals surface area (Å²) in [6.07, 6.45) is 5.71. The first-order chi connectivity index (χ1) is 9.33. The third-order valence-corrected chi connectivity index (χ3v) is 5.39. The molecule has 100 valence electrons. The Kier molecular flexibility index (Phi) is 4.03. The van der Waals surface area contributed by atoms with Crippen molar-refractivity contribution in [1.82, 2.24) is 9.71 Å². The Balaban J connectivity index is 1.60. The van der Waals surface area contributed by atoms with E-state index in [-0.39, 0.29) is 11.8 Å². The number of para-hydroxylation sites is 1. The van der Waals surface area contributed by atoms with Crippen molar-refractivity contribution in [3.05, 3.63) is 24.3 Å². The highest BCUT2D eigenvalue weighted by molar-refractivity contribution is 7.99.